The zero-order valence-corrected chi connectivity index (χ0v) is 15.4. The molecule has 2 aromatic carbocycles. The number of fused-ring (bicyclic) bond motifs is 3. The summed E-state index contributed by atoms with van der Waals surface area (Å²) in [5.74, 6) is 0.296. The number of hydrogen-bond donors (Lipinski definition) is 1. The highest BCUT2D eigenvalue weighted by Crippen LogP contribution is 2.41. The number of hydrogen-bond acceptors (Lipinski definition) is 7. The van der Waals surface area contributed by atoms with Crippen LogP contribution in [0.5, 0.6) is 11.5 Å². The van der Waals surface area contributed by atoms with E-state index in [4.69, 9.17) is 4.74 Å². The van der Waals surface area contributed by atoms with E-state index in [2.05, 4.69) is 5.10 Å². The summed E-state index contributed by atoms with van der Waals surface area (Å²) in [6.45, 7) is 0. The van der Waals surface area contributed by atoms with Gasteiger partial charge in [0.2, 0.25) is 0 Å². The molecule has 3 aromatic rings. The standard InChI is InChI=1S/C19H16N4O6/c1-29-18-7-11-3-2-4-12-10-20-21(19(12)14(11)9-17(18)24)15-6-5-13(22(25)26)8-16(15)23(27)28/h5-10,24H,2-4H2,1H3. The van der Waals surface area contributed by atoms with Crippen molar-refractivity contribution in [1.82, 2.24) is 9.78 Å². The monoisotopic (exact) mass is 396 g/mol. The van der Waals surface area contributed by atoms with Crippen molar-refractivity contribution in [1.29, 1.82) is 0 Å². The van der Waals surface area contributed by atoms with Crippen molar-refractivity contribution in [2.45, 2.75) is 19.3 Å². The van der Waals surface area contributed by atoms with Crippen LogP contribution in [0.3, 0.4) is 0 Å². The third-order valence-electron chi connectivity index (χ3n) is 4.99. The van der Waals surface area contributed by atoms with Crippen LogP contribution in [0.15, 0.2) is 36.5 Å². The Labute approximate surface area is 164 Å². The molecular formula is C19H16N4O6. The second kappa shape index (κ2) is 6.89. The minimum Gasteiger partial charge on any atom is -0.504 e. The first-order chi connectivity index (χ1) is 13.9. The lowest BCUT2D eigenvalue weighted by atomic mass is 10.0. The molecule has 10 heteroatoms. The van der Waals surface area contributed by atoms with Crippen molar-refractivity contribution in [3.05, 3.63) is 67.9 Å². The van der Waals surface area contributed by atoms with Gasteiger partial charge in [-0.15, -0.1) is 0 Å². The summed E-state index contributed by atoms with van der Waals surface area (Å²) in [6.07, 6.45) is 3.91. The lowest BCUT2D eigenvalue weighted by Crippen LogP contribution is -2.05. The summed E-state index contributed by atoms with van der Waals surface area (Å²) in [5, 5.41) is 37.2. The number of rotatable bonds is 4. The second-order valence-electron chi connectivity index (χ2n) is 6.65. The maximum absolute atomic E-state index is 11.6. The highest BCUT2D eigenvalue weighted by atomic mass is 16.6. The first-order valence-electron chi connectivity index (χ1n) is 8.81. The zero-order valence-electron chi connectivity index (χ0n) is 15.4. The molecule has 10 nitrogen and oxygen atoms in total. The van der Waals surface area contributed by atoms with Gasteiger partial charge in [0.25, 0.3) is 5.69 Å². The third-order valence-corrected chi connectivity index (χ3v) is 4.99. The number of phenolic OH excluding ortho intramolecular Hbond substituents is 1. The molecule has 0 bridgehead atoms. The molecule has 1 N–H and O–H groups in total. The van der Waals surface area contributed by atoms with Gasteiger partial charge in [-0.25, -0.2) is 4.68 Å². The van der Waals surface area contributed by atoms with Crippen LogP contribution in [-0.4, -0.2) is 31.8 Å². The third kappa shape index (κ3) is 3.04. The molecule has 148 valence electrons. The molecule has 0 saturated carbocycles. The predicted molar refractivity (Wildman–Crippen MR) is 103 cm³/mol. The quantitative estimate of drug-likeness (QED) is 0.526. The first kappa shape index (κ1) is 18.4. The number of nitro benzene ring substituents is 2. The van der Waals surface area contributed by atoms with Gasteiger partial charge in [0, 0.05) is 11.6 Å². The minimum atomic E-state index is -0.681. The maximum atomic E-state index is 11.6. The fourth-order valence-electron chi connectivity index (χ4n) is 3.66. The van der Waals surface area contributed by atoms with Gasteiger partial charge >= 0.3 is 5.69 Å². The Kier molecular flexibility index (Phi) is 4.38. The molecule has 1 aromatic heterocycles. The Morgan fingerprint density at radius 2 is 1.86 bits per heavy atom. The number of aryl methyl sites for hydroxylation is 2. The zero-order chi connectivity index (χ0) is 20.7. The summed E-state index contributed by atoms with van der Waals surface area (Å²) >= 11 is 0. The van der Waals surface area contributed by atoms with Crippen LogP contribution in [-0.2, 0) is 12.8 Å². The van der Waals surface area contributed by atoms with Crippen LogP contribution >= 0.6 is 0 Å². The van der Waals surface area contributed by atoms with E-state index in [9.17, 15) is 25.3 Å². The highest BCUT2D eigenvalue weighted by molar-refractivity contribution is 5.74. The van der Waals surface area contributed by atoms with Gasteiger partial charge in [-0.3, -0.25) is 20.2 Å². The predicted octanol–water partition coefficient (Wildman–Crippen LogP) is 3.56. The van der Waals surface area contributed by atoms with Crippen LogP contribution in [0.4, 0.5) is 11.4 Å². The summed E-state index contributed by atoms with van der Waals surface area (Å²) in [7, 11) is 1.47. The molecule has 0 fully saturated rings. The number of nitro groups is 2. The lowest BCUT2D eigenvalue weighted by Gasteiger charge is -2.14. The second-order valence-corrected chi connectivity index (χ2v) is 6.65. The van der Waals surface area contributed by atoms with E-state index < -0.39 is 15.5 Å². The van der Waals surface area contributed by atoms with Crippen LogP contribution in [0.1, 0.15) is 17.5 Å². The van der Waals surface area contributed by atoms with Crippen molar-refractivity contribution < 1.29 is 19.7 Å². The van der Waals surface area contributed by atoms with Gasteiger partial charge in [0.05, 0.1) is 34.9 Å². The van der Waals surface area contributed by atoms with E-state index in [1.807, 2.05) is 0 Å². The van der Waals surface area contributed by atoms with Crippen LogP contribution in [0, 0.1) is 20.2 Å². The highest BCUT2D eigenvalue weighted by Gasteiger charge is 2.27. The van der Waals surface area contributed by atoms with E-state index in [0.29, 0.717) is 23.4 Å². The van der Waals surface area contributed by atoms with Gasteiger partial charge in [0.1, 0.15) is 5.69 Å². The minimum absolute atomic E-state index is 0.0509. The van der Waals surface area contributed by atoms with Crippen molar-refractivity contribution in [2.24, 2.45) is 0 Å². The lowest BCUT2D eigenvalue weighted by molar-refractivity contribution is -0.394. The smallest absolute Gasteiger partial charge is 0.301 e. The summed E-state index contributed by atoms with van der Waals surface area (Å²) in [4.78, 5) is 21.3. The number of non-ortho nitro benzene ring substituents is 1. The molecule has 0 spiro atoms. The SMILES string of the molecule is COc1cc2c(cc1O)-c1c(cnn1-c1ccc([N+](=O)[O-])cc1[N+](=O)[O-])CCC2. The van der Waals surface area contributed by atoms with Crippen LogP contribution in [0.2, 0.25) is 0 Å². The fraction of sp³-hybridized carbons (Fsp3) is 0.211. The Balaban J connectivity index is 1.97. The molecule has 0 unspecified atom stereocenters. The van der Waals surface area contributed by atoms with Crippen molar-refractivity contribution in [3.8, 4) is 28.4 Å². The largest absolute Gasteiger partial charge is 0.504 e. The summed E-state index contributed by atoms with van der Waals surface area (Å²) < 4.78 is 6.61. The topological polar surface area (TPSA) is 134 Å². The summed E-state index contributed by atoms with van der Waals surface area (Å²) in [6, 6.07) is 6.76. The van der Waals surface area contributed by atoms with Crippen LogP contribution in [0.25, 0.3) is 16.9 Å². The van der Waals surface area contributed by atoms with Crippen molar-refractivity contribution in [2.75, 3.05) is 7.11 Å². The molecule has 0 amide bonds. The molecule has 0 aliphatic heterocycles. The van der Waals surface area contributed by atoms with E-state index >= 15 is 0 Å². The number of benzene rings is 2. The van der Waals surface area contributed by atoms with Gasteiger partial charge in [-0.2, -0.15) is 5.10 Å². The fourth-order valence-corrected chi connectivity index (χ4v) is 3.66. The molecule has 4 rings (SSSR count). The van der Waals surface area contributed by atoms with Crippen LogP contribution < -0.4 is 4.74 Å². The number of aromatic nitrogens is 2. The Hall–Kier alpha value is -3.95. The van der Waals surface area contributed by atoms with E-state index in [1.165, 1.54) is 23.9 Å². The summed E-state index contributed by atoms with van der Waals surface area (Å²) in [5.41, 5.74) is 2.43. The van der Waals surface area contributed by atoms with E-state index in [1.54, 1.807) is 18.3 Å². The average molecular weight is 396 g/mol. The Morgan fingerprint density at radius 3 is 2.55 bits per heavy atom. The van der Waals surface area contributed by atoms with Gasteiger partial charge in [-0.05, 0) is 48.6 Å². The first-order valence-corrected chi connectivity index (χ1v) is 8.81. The van der Waals surface area contributed by atoms with Crippen molar-refractivity contribution >= 4 is 11.4 Å². The van der Waals surface area contributed by atoms with Crippen molar-refractivity contribution in [3.63, 3.8) is 0 Å². The number of aromatic hydroxyl groups is 1. The molecular weight excluding hydrogens is 380 g/mol. The number of ether oxygens (including phenoxy) is 1. The van der Waals surface area contributed by atoms with E-state index in [-0.39, 0.29) is 17.1 Å². The molecule has 0 saturated heterocycles. The van der Waals surface area contributed by atoms with E-state index in [0.717, 1.165) is 30.0 Å². The normalized spacial score (nSPS) is 12.6. The molecule has 0 atom stereocenters. The van der Waals surface area contributed by atoms with Gasteiger partial charge < -0.3 is 9.84 Å². The Bertz CT molecular complexity index is 1150. The molecule has 1 aliphatic carbocycles. The average Bonchev–Trinajstić information content (AvgIpc) is 3.03. The Morgan fingerprint density at radius 1 is 1.10 bits per heavy atom. The van der Waals surface area contributed by atoms with Gasteiger partial charge in [-0.1, -0.05) is 0 Å². The molecule has 29 heavy (non-hydrogen) atoms. The number of nitrogens with zero attached hydrogens (tertiary/aromatic N) is 4. The maximum Gasteiger partial charge on any atom is 0.301 e. The molecule has 1 heterocycles. The molecule has 0 radical (unpaired) electrons. The number of phenols is 1. The molecule has 1 aliphatic rings. The number of methoxy groups -OCH3 is 1. The van der Waals surface area contributed by atoms with Gasteiger partial charge in [0.15, 0.2) is 11.5 Å².